The molecule has 20 heavy (non-hydrogen) atoms. The van der Waals surface area contributed by atoms with Crippen molar-refractivity contribution in [1.82, 2.24) is 14.6 Å². The van der Waals surface area contributed by atoms with Gasteiger partial charge in [-0.15, -0.1) is 0 Å². The molecular formula is C13H21N3O3S. The van der Waals surface area contributed by atoms with Gasteiger partial charge in [-0.2, -0.15) is 4.31 Å². The molecule has 1 fully saturated rings. The smallest absolute Gasteiger partial charge is 0.244 e. The van der Waals surface area contributed by atoms with Gasteiger partial charge in [-0.3, -0.25) is 0 Å². The van der Waals surface area contributed by atoms with Crippen molar-refractivity contribution in [3.05, 3.63) is 18.3 Å². The molecule has 1 aromatic heterocycles. The van der Waals surface area contributed by atoms with Crippen LogP contribution in [-0.2, 0) is 10.0 Å². The molecule has 7 heteroatoms. The first-order chi connectivity index (χ1) is 9.59. The van der Waals surface area contributed by atoms with Crippen molar-refractivity contribution in [2.45, 2.75) is 30.7 Å². The Labute approximate surface area is 120 Å². The van der Waals surface area contributed by atoms with Crippen molar-refractivity contribution in [3.8, 4) is 5.88 Å². The third-order valence-corrected chi connectivity index (χ3v) is 5.38. The number of pyridine rings is 1. The average molecular weight is 299 g/mol. The second-order valence-corrected chi connectivity index (χ2v) is 6.69. The lowest BCUT2D eigenvalue weighted by Gasteiger charge is -2.35. The maximum Gasteiger partial charge on any atom is 0.244 e. The van der Waals surface area contributed by atoms with Crippen LogP contribution in [-0.4, -0.2) is 50.5 Å². The van der Waals surface area contributed by atoms with Crippen LogP contribution in [0.2, 0.25) is 0 Å². The van der Waals surface area contributed by atoms with E-state index in [0.29, 0.717) is 25.5 Å². The summed E-state index contributed by atoms with van der Waals surface area (Å²) in [6.07, 6.45) is 3.17. The summed E-state index contributed by atoms with van der Waals surface area (Å²) in [6.45, 7) is 3.95. The third-order valence-electron chi connectivity index (χ3n) is 3.44. The molecule has 1 atom stereocenters. The third kappa shape index (κ3) is 3.11. The highest BCUT2D eigenvalue weighted by Gasteiger charge is 2.33. The summed E-state index contributed by atoms with van der Waals surface area (Å²) in [6, 6.07) is 3.14. The minimum Gasteiger partial charge on any atom is -0.481 e. The Morgan fingerprint density at radius 1 is 1.50 bits per heavy atom. The molecule has 0 bridgehead atoms. The van der Waals surface area contributed by atoms with E-state index in [1.807, 2.05) is 0 Å². The lowest BCUT2D eigenvalue weighted by molar-refractivity contribution is 0.254. The quantitative estimate of drug-likeness (QED) is 0.873. The Kier molecular flexibility index (Phi) is 4.95. The predicted molar refractivity (Wildman–Crippen MR) is 76.2 cm³/mol. The van der Waals surface area contributed by atoms with E-state index in [4.69, 9.17) is 4.74 Å². The molecule has 2 heterocycles. The van der Waals surface area contributed by atoms with Gasteiger partial charge in [-0.1, -0.05) is 13.3 Å². The minimum absolute atomic E-state index is 0.0147. The van der Waals surface area contributed by atoms with Gasteiger partial charge in [-0.05, 0) is 12.5 Å². The normalized spacial score (nSPS) is 20.8. The van der Waals surface area contributed by atoms with Crippen molar-refractivity contribution in [2.24, 2.45) is 0 Å². The van der Waals surface area contributed by atoms with Crippen molar-refractivity contribution in [1.29, 1.82) is 0 Å². The maximum atomic E-state index is 12.7. The van der Waals surface area contributed by atoms with E-state index >= 15 is 0 Å². The second-order valence-electron chi connectivity index (χ2n) is 4.80. The first-order valence-corrected chi connectivity index (χ1v) is 8.26. The Hall–Kier alpha value is -1.18. The zero-order valence-corrected chi connectivity index (χ0v) is 12.7. The number of sulfonamides is 1. The van der Waals surface area contributed by atoms with Gasteiger partial charge in [0.25, 0.3) is 0 Å². The van der Waals surface area contributed by atoms with E-state index in [0.717, 1.165) is 12.8 Å². The van der Waals surface area contributed by atoms with E-state index < -0.39 is 10.0 Å². The summed E-state index contributed by atoms with van der Waals surface area (Å²) >= 11 is 0. The fourth-order valence-corrected chi connectivity index (χ4v) is 4.01. The fraction of sp³-hybridized carbons (Fsp3) is 0.615. The maximum absolute atomic E-state index is 12.7. The molecule has 1 aliphatic heterocycles. The number of piperazine rings is 1. The highest BCUT2D eigenvalue weighted by atomic mass is 32.2. The summed E-state index contributed by atoms with van der Waals surface area (Å²) in [5, 5.41) is 3.25. The van der Waals surface area contributed by atoms with Gasteiger partial charge in [0.2, 0.25) is 15.9 Å². The van der Waals surface area contributed by atoms with Gasteiger partial charge < -0.3 is 10.1 Å². The van der Waals surface area contributed by atoms with E-state index in [-0.39, 0.29) is 10.9 Å². The summed E-state index contributed by atoms with van der Waals surface area (Å²) in [5.41, 5.74) is 0. The molecule has 1 N–H and O–H groups in total. The van der Waals surface area contributed by atoms with Gasteiger partial charge in [0.05, 0.1) is 13.3 Å². The molecular weight excluding hydrogens is 278 g/mol. The van der Waals surface area contributed by atoms with E-state index in [1.54, 1.807) is 16.4 Å². The Bertz CT molecular complexity index is 528. The molecule has 1 aliphatic rings. The van der Waals surface area contributed by atoms with E-state index in [9.17, 15) is 8.42 Å². The molecule has 2 rings (SSSR count). The minimum atomic E-state index is -3.48. The SMILES string of the molecule is CCCC1CNCCN1S(=O)(=O)c1ccc(OC)nc1. The highest BCUT2D eigenvalue weighted by Crippen LogP contribution is 2.22. The van der Waals surface area contributed by atoms with Gasteiger partial charge in [0, 0.05) is 31.7 Å². The molecule has 0 aliphatic carbocycles. The van der Waals surface area contributed by atoms with E-state index in [2.05, 4.69) is 17.2 Å². The van der Waals surface area contributed by atoms with Crippen molar-refractivity contribution >= 4 is 10.0 Å². The number of nitrogens with one attached hydrogen (secondary N) is 1. The molecule has 6 nitrogen and oxygen atoms in total. The van der Waals surface area contributed by atoms with Gasteiger partial charge >= 0.3 is 0 Å². The summed E-state index contributed by atoms with van der Waals surface area (Å²) in [4.78, 5) is 4.21. The van der Waals surface area contributed by atoms with Gasteiger partial charge in [0.15, 0.2) is 0 Å². The molecule has 0 amide bonds. The first-order valence-electron chi connectivity index (χ1n) is 6.82. The standard InChI is InChI=1S/C13H21N3O3S/c1-3-4-11-9-14-7-8-16(11)20(17,18)12-5-6-13(19-2)15-10-12/h5-6,10-11,14H,3-4,7-9H2,1-2H3. The summed E-state index contributed by atoms with van der Waals surface area (Å²) < 4.78 is 31.9. The molecule has 1 aromatic rings. The van der Waals surface area contributed by atoms with Crippen LogP contribution in [0.5, 0.6) is 5.88 Å². The summed E-state index contributed by atoms with van der Waals surface area (Å²) in [7, 11) is -1.98. The zero-order chi connectivity index (χ0) is 14.6. The van der Waals surface area contributed by atoms with Gasteiger partial charge in [0.1, 0.15) is 4.90 Å². The molecule has 112 valence electrons. The molecule has 0 spiro atoms. The Morgan fingerprint density at radius 3 is 2.90 bits per heavy atom. The first kappa shape index (κ1) is 15.2. The zero-order valence-electron chi connectivity index (χ0n) is 11.9. The van der Waals surface area contributed by atoms with Crippen LogP contribution in [0.25, 0.3) is 0 Å². The number of nitrogens with zero attached hydrogens (tertiary/aromatic N) is 2. The fourth-order valence-electron chi connectivity index (χ4n) is 2.41. The van der Waals surface area contributed by atoms with E-state index in [1.165, 1.54) is 13.3 Å². The monoisotopic (exact) mass is 299 g/mol. The Morgan fingerprint density at radius 2 is 2.30 bits per heavy atom. The van der Waals surface area contributed by atoms with Gasteiger partial charge in [-0.25, -0.2) is 13.4 Å². The van der Waals surface area contributed by atoms with Crippen molar-refractivity contribution < 1.29 is 13.2 Å². The number of ether oxygens (including phenoxy) is 1. The molecule has 0 saturated carbocycles. The van der Waals surface area contributed by atoms with Crippen LogP contribution in [0, 0.1) is 0 Å². The molecule has 0 radical (unpaired) electrons. The topological polar surface area (TPSA) is 71.5 Å². The predicted octanol–water partition coefficient (Wildman–Crippen LogP) is 0.853. The van der Waals surface area contributed by atoms with Crippen LogP contribution in [0.4, 0.5) is 0 Å². The number of methoxy groups -OCH3 is 1. The van der Waals surface area contributed by atoms with Crippen LogP contribution in [0.3, 0.4) is 0 Å². The lowest BCUT2D eigenvalue weighted by Crippen LogP contribution is -2.53. The second kappa shape index (κ2) is 6.51. The highest BCUT2D eigenvalue weighted by molar-refractivity contribution is 7.89. The lowest BCUT2D eigenvalue weighted by atomic mass is 10.1. The van der Waals surface area contributed by atoms with Crippen molar-refractivity contribution in [3.63, 3.8) is 0 Å². The van der Waals surface area contributed by atoms with Crippen LogP contribution >= 0.6 is 0 Å². The molecule has 1 saturated heterocycles. The van der Waals surface area contributed by atoms with Crippen LogP contribution in [0.15, 0.2) is 23.2 Å². The largest absolute Gasteiger partial charge is 0.481 e. The number of hydrogen-bond donors (Lipinski definition) is 1. The van der Waals surface area contributed by atoms with Crippen LogP contribution in [0.1, 0.15) is 19.8 Å². The van der Waals surface area contributed by atoms with Crippen molar-refractivity contribution in [2.75, 3.05) is 26.7 Å². The van der Waals surface area contributed by atoms with Crippen LogP contribution < -0.4 is 10.1 Å². The molecule has 0 aromatic carbocycles. The summed E-state index contributed by atoms with van der Waals surface area (Å²) in [5.74, 6) is 0.411. The average Bonchev–Trinajstić information content (AvgIpc) is 2.48. The Balaban J connectivity index is 2.26. The number of aromatic nitrogens is 1. The number of hydrogen-bond acceptors (Lipinski definition) is 5. The molecule has 1 unspecified atom stereocenters. The number of rotatable bonds is 5.